The van der Waals surface area contributed by atoms with Gasteiger partial charge in [0, 0.05) is 36.9 Å². The van der Waals surface area contributed by atoms with Crippen molar-refractivity contribution in [3.05, 3.63) is 76.0 Å². The molecule has 2 aromatic heterocycles. The van der Waals surface area contributed by atoms with Crippen molar-refractivity contribution in [1.29, 1.82) is 0 Å². The van der Waals surface area contributed by atoms with Gasteiger partial charge in [0.05, 0.1) is 40.7 Å². The van der Waals surface area contributed by atoms with E-state index in [2.05, 4.69) is 10.1 Å². The number of imidazole rings is 1. The molecule has 2 aromatic carbocycles. The highest BCUT2D eigenvalue weighted by Gasteiger charge is 2.31. The molecule has 38 heavy (non-hydrogen) atoms. The number of nitrogens with zero attached hydrogens (tertiary/aromatic N) is 5. The standard InChI is InChI=1S/C27H25F2N5O3S/c1-36-17-5-6-23-21(11-17)30-15-34(23)13-25(35)33-9-7-16(8-10-33)27-31-22(14-38-27)20-12-24(37-32-20)26-18(28)3-2-4-19(26)29/h2-6,11,14-16,24H,7-10,12-13H2,1H3. The molecule has 196 valence electrons. The Hall–Kier alpha value is -3.86. The second-order valence-corrected chi connectivity index (χ2v) is 10.3. The van der Waals surface area contributed by atoms with E-state index in [0.717, 1.165) is 34.6 Å². The molecule has 2 aliphatic rings. The van der Waals surface area contributed by atoms with Gasteiger partial charge in [-0.15, -0.1) is 11.3 Å². The third kappa shape index (κ3) is 4.62. The van der Waals surface area contributed by atoms with Crippen LogP contribution in [0.5, 0.6) is 5.75 Å². The molecular weight excluding hydrogens is 512 g/mol. The van der Waals surface area contributed by atoms with Crippen LogP contribution in [0.25, 0.3) is 11.0 Å². The number of likely N-dealkylation sites (tertiary alicyclic amines) is 1. The third-order valence-electron chi connectivity index (χ3n) is 7.14. The molecule has 1 atom stereocenters. The first kappa shape index (κ1) is 24.5. The quantitative estimate of drug-likeness (QED) is 0.344. The Labute approximate surface area is 221 Å². The lowest BCUT2D eigenvalue weighted by Crippen LogP contribution is -2.39. The zero-order valence-corrected chi connectivity index (χ0v) is 21.5. The summed E-state index contributed by atoms with van der Waals surface area (Å²) in [5, 5.41) is 6.95. The minimum absolute atomic E-state index is 0.0577. The zero-order valence-electron chi connectivity index (χ0n) is 20.6. The second-order valence-electron chi connectivity index (χ2n) is 9.42. The number of carbonyl (C=O) groups is 1. The van der Waals surface area contributed by atoms with Gasteiger partial charge < -0.3 is 19.0 Å². The average Bonchev–Trinajstić information content (AvgIpc) is 3.69. The number of methoxy groups -OCH3 is 1. The summed E-state index contributed by atoms with van der Waals surface area (Å²) in [5.74, 6) is -0.265. The molecule has 0 saturated carbocycles. The molecule has 0 bridgehead atoms. The predicted molar refractivity (Wildman–Crippen MR) is 138 cm³/mol. The molecule has 1 amide bonds. The summed E-state index contributed by atoms with van der Waals surface area (Å²) in [5.41, 5.74) is 2.83. The number of piperidine rings is 1. The second kappa shape index (κ2) is 10.1. The molecule has 0 radical (unpaired) electrons. The van der Waals surface area contributed by atoms with Crippen molar-refractivity contribution >= 4 is 34.0 Å². The molecule has 6 rings (SSSR count). The maximum atomic E-state index is 14.1. The summed E-state index contributed by atoms with van der Waals surface area (Å²) < 4.78 is 35.4. The topological polar surface area (TPSA) is 81.8 Å². The van der Waals surface area contributed by atoms with Crippen molar-refractivity contribution in [2.24, 2.45) is 5.16 Å². The number of oxime groups is 1. The maximum Gasteiger partial charge on any atom is 0.242 e. The number of amides is 1. The molecule has 0 spiro atoms. The van der Waals surface area contributed by atoms with E-state index in [0.29, 0.717) is 24.5 Å². The number of ether oxygens (including phenoxy) is 1. The highest BCUT2D eigenvalue weighted by Crippen LogP contribution is 2.35. The van der Waals surface area contributed by atoms with Gasteiger partial charge in [-0.05, 0) is 37.1 Å². The Balaban J connectivity index is 1.05. The normalized spacial score (nSPS) is 18.0. The molecule has 0 aliphatic carbocycles. The highest BCUT2D eigenvalue weighted by molar-refractivity contribution is 7.10. The number of hydrogen-bond acceptors (Lipinski definition) is 7. The summed E-state index contributed by atoms with van der Waals surface area (Å²) in [7, 11) is 1.61. The number of halogens is 2. The van der Waals surface area contributed by atoms with Crippen LogP contribution >= 0.6 is 11.3 Å². The molecule has 1 fully saturated rings. The molecule has 11 heteroatoms. The van der Waals surface area contributed by atoms with Gasteiger partial charge >= 0.3 is 0 Å². The van der Waals surface area contributed by atoms with Crippen LogP contribution in [0.1, 0.15) is 47.5 Å². The largest absolute Gasteiger partial charge is 0.497 e. The fraction of sp³-hybridized carbons (Fsp3) is 0.333. The Morgan fingerprint density at radius 3 is 2.74 bits per heavy atom. The number of carbonyl (C=O) groups excluding carboxylic acids is 1. The van der Waals surface area contributed by atoms with Gasteiger partial charge in [0.2, 0.25) is 5.91 Å². The molecular formula is C27H25F2N5O3S. The molecule has 1 unspecified atom stereocenters. The molecule has 2 aliphatic heterocycles. The minimum Gasteiger partial charge on any atom is -0.497 e. The molecule has 4 heterocycles. The van der Waals surface area contributed by atoms with E-state index in [4.69, 9.17) is 14.6 Å². The number of fused-ring (bicyclic) bond motifs is 1. The van der Waals surface area contributed by atoms with E-state index in [1.807, 2.05) is 33.0 Å². The van der Waals surface area contributed by atoms with Gasteiger partial charge in [0.25, 0.3) is 0 Å². The number of rotatable bonds is 6. The smallest absolute Gasteiger partial charge is 0.242 e. The van der Waals surface area contributed by atoms with Gasteiger partial charge in [-0.25, -0.2) is 18.7 Å². The lowest BCUT2D eigenvalue weighted by molar-refractivity contribution is -0.132. The summed E-state index contributed by atoms with van der Waals surface area (Å²) in [6.45, 7) is 1.54. The van der Waals surface area contributed by atoms with E-state index in [1.54, 1.807) is 24.8 Å². The fourth-order valence-corrected chi connectivity index (χ4v) is 6.03. The Morgan fingerprint density at radius 1 is 1.18 bits per heavy atom. The van der Waals surface area contributed by atoms with Crippen LogP contribution in [0.15, 0.2) is 53.3 Å². The highest BCUT2D eigenvalue weighted by atomic mass is 32.1. The van der Waals surface area contributed by atoms with Gasteiger partial charge in [0.15, 0.2) is 6.10 Å². The molecule has 4 aromatic rings. The monoisotopic (exact) mass is 537 g/mol. The Bertz CT molecular complexity index is 1510. The van der Waals surface area contributed by atoms with Crippen molar-refractivity contribution in [2.45, 2.75) is 37.8 Å². The van der Waals surface area contributed by atoms with Crippen LogP contribution in [0.4, 0.5) is 8.78 Å². The number of aromatic nitrogens is 3. The van der Waals surface area contributed by atoms with E-state index in [-0.39, 0.29) is 30.4 Å². The van der Waals surface area contributed by atoms with E-state index in [9.17, 15) is 13.6 Å². The summed E-state index contributed by atoms with van der Waals surface area (Å²) in [4.78, 5) is 29.4. The first-order valence-corrected chi connectivity index (χ1v) is 13.3. The van der Waals surface area contributed by atoms with Crippen molar-refractivity contribution in [1.82, 2.24) is 19.4 Å². The summed E-state index contributed by atoms with van der Waals surface area (Å²) in [6.07, 6.45) is 2.76. The van der Waals surface area contributed by atoms with Gasteiger partial charge in [-0.1, -0.05) is 11.2 Å². The first-order chi connectivity index (χ1) is 18.5. The molecule has 0 N–H and O–H groups in total. The van der Waals surface area contributed by atoms with E-state index in [1.165, 1.54) is 18.2 Å². The van der Waals surface area contributed by atoms with Gasteiger partial charge in [0.1, 0.15) is 29.6 Å². The van der Waals surface area contributed by atoms with Gasteiger partial charge in [-0.2, -0.15) is 0 Å². The van der Waals surface area contributed by atoms with Crippen LogP contribution in [-0.2, 0) is 16.2 Å². The van der Waals surface area contributed by atoms with Crippen molar-refractivity contribution < 1.29 is 23.1 Å². The van der Waals surface area contributed by atoms with Crippen LogP contribution in [0.2, 0.25) is 0 Å². The van der Waals surface area contributed by atoms with Crippen LogP contribution in [-0.4, -0.2) is 51.3 Å². The Kier molecular flexibility index (Phi) is 6.52. The lowest BCUT2D eigenvalue weighted by Gasteiger charge is -2.31. The SMILES string of the molecule is COc1ccc2c(c1)ncn2CC(=O)N1CCC(c2nc(C3=NOC(c4c(F)cccc4F)C3)cs2)CC1. The Morgan fingerprint density at radius 2 is 1.97 bits per heavy atom. The van der Waals surface area contributed by atoms with Gasteiger partial charge in [-0.3, -0.25) is 4.79 Å². The van der Waals surface area contributed by atoms with Crippen LogP contribution in [0, 0.1) is 11.6 Å². The van der Waals surface area contributed by atoms with Crippen molar-refractivity contribution in [3.8, 4) is 5.75 Å². The number of thiazole rings is 1. The number of hydrogen-bond donors (Lipinski definition) is 0. The number of benzene rings is 2. The van der Waals surface area contributed by atoms with Crippen LogP contribution < -0.4 is 4.74 Å². The molecule has 8 nitrogen and oxygen atoms in total. The maximum absolute atomic E-state index is 14.1. The summed E-state index contributed by atoms with van der Waals surface area (Å²) >= 11 is 1.54. The van der Waals surface area contributed by atoms with E-state index < -0.39 is 17.7 Å². The average molecular weight is 538 g/mol. The lowest BCUT2D eigenvalue weighted by atomic mass is 9.97. The van der Waals surface area contributed by atoms with E-state index >= 15 is 0 Å². The summed E-state index contributed by atoms with van der Waals surface area (Å²) in [6, 6.07) is 9.38. The van der Waals surface area contributed by atoms with Crippen molar-refractivity contribution in [3.63, 3.8) is 0 Å². The van der Waals surface area contributed by atoms with Crippen molar-refractivity contribution in [2.75, 3.05) is 20.2 Å². The molecule has 1 saturated heterocycles. The zero-order chi connectivity index (χ0) is 26.2. The first-order valence-electron chi connectivity index (χ1n) is 12.4. The predicted octanol–water partition coefficient (Wildman–Crippen LogP) is 5.05. The van der Waals surface area contributed by atoms with Crippen LogP contribution in [0.3, 0.4) is 0 Å². The minimum atomic E-state index is -0.805. The third-order valence-corrected chi connectivity index (χ3v) is 8.15. The fourth-order valence-electron chi connectivity index (χ4n) is 5.03.